The van der Waals surface area contributed by atoms with Crippen LogP contribution >= 0.6 is 0 Å². The molecule has 1 atom stereocenters. The van der Waals surface area contributed by atoms with Gasteiger partial charge in [-0.3, -0.25) is 14.4 Å². The second-order valence-corrected chi connectivity index (χ2v) is 6.11. The van der Waals surface area contributed by atoms with Crippen molar-refractivity contribution < 1.29 is 19.1 Å². The van der Waals surface area contributed by atoms with Gasteiger partial charge in [0.05, 0.1) is 6.61 Å². The summed E-state index contributed by atoms with van der Waals surface area (Å²) in [6, 6.07) is 9.57. The van der Waals surface area contributed by atoms with Gasteiger partial charge in [0.1, 0.15) is 12.6 Å². The molecule has 0 bridgehead atoms. The third-order valence-corrected chi connectivity index (χ3v) is 4.29. The summed E-state index contributed by atoms with van der Waals surface area (Å²) in [4.78, 5) is 37.7. The highest BCUT2D eigenvalue weighted by Crippen LogP contribution is 2.19. The molecular formula is C19H26N2O4. The molecule has 0 aliphatic carbocycles. The van der Waals surface area contributed by atoms with Gasteiger partial charge in [0.15, 0.2) is 0 Å². The second-order valence-electron chi connectivity index (χ2n) is 6.11. The Morgan fingerprint density at radius 2 is 2.00 bits per heavy atom. The fraction of sp³-hybridized carbons (Fsp3) is 0.526. The third-order valence-electron chi connectivity index (χ3n) is 4.29. The smallest absolute Gasteiger partial charge is 0.325 e. The SMILES string of the molecule is CCOC(=O)CNC(=O)[C@@H]1CCCN1C(=O)CCCc1ccccc1. The Morgan fingerprint density at radius 3 is 2.72 bits per heavy atom. The molecule has 1 aromatic carbocycles. The minimum absolute atomic E-state index is 0.00437. The Bertz CT molecular complexity index is 588. The number of likely N-dealkylation sites (tertiary alicyclic amines) is 1. The number of aryl methyl sites for hydroxylation is 1. The van der Waals surface area contributed by atoms with Gasteiger partial charge in [0.2, 0.25) is 11.8 Å². The Balaban J connectivity index is 1.78. The average Bonchev–Trinajstić information content (AvgIpc) is 3.11. The zero-order valence-corrected chi connectivity index (χ0v) is 14.7. The van der Waals surface area contributed by atoms with Crippen molar-refractivity contribution in [2.45, 2.75) is 45.1 Å². The first kappa shape index (κ1) is 19.0. The molecule has 6 nitrogen and oxygen atoms in total. The molecule has 1 heterocycles. The summed E-state index contributed by atoms with van der Waals surface area (Å²) >= 11 is 0. The van der Waals surface area contributed by atoms with Crippen molar-refractivity contribution in [3.63, 3.8) is 0 Å². The van der Waals surface area contributed by atoms with Crippen LogP contribution < -0.4 is 5.32 Å². The fourth-order valence-electron chi connectivity index (χ4n) is 3.06. The fourth-order valence-corrected chi connectivity index (χ4v) is 3.06. The van der Waals surface area contributed by atoms with Crippen molar-refractivity contribution in [3.8, 4) is 0 Å². The van der Waals surface area contributed by atoms with Gasteiger partial charge >= 0.3 is 5.97 Å². The summed E-state index contributed by atoms with van der Waals surface area (Å²) in [6.07, 6.45) is 3.48. The third kappa shape index (κ3) is 5.89. The highest BCUT2D eigenvalue weighted by Gasteiger charge is 2.33. The minimum atomic E-state index is -0.473. The lowest BCUT2D eigenvalue weighted by atomic mass is 10.1. The maximum Gasteiger partial charge on any atom is 0.325 e. The minimum Gasteiger partial charge on any atom is -0.465 e. The van der Waals surface area contributed by atoms with E-state index in [-0.39, 0.29) is 25.0 Å². The number of hydrogen-bond donors (Lipinski definition) is 1. The molecule has 25 heavy (non-hydrogen) atoms. The van der Waals surface area contributed by atoms with E-state index in [2.05, 4.69) is 5.32 Å². The summed E-state index contributed by atoms with van der Waals surface area (Å²) in [6.45, 7) is 2.44. The molecule has 6 heteroatoms. The summed E-state index contributed by atoms with van der Waals surface area (Å²) in [7, 11) is 0. The molecule has 136 valence electrons. The second kappa shape index (κ2) is 9.81. The molecule has 1 N–H and O–H groups in total. The largest absolute Gasteiger partial charge is 0.465 e. The van der Waals surface area contributed by atoms with E-state index in [1.165, 1.54) is 5.56 Å². The summed E-state index contributed by atoms with van der Waals surface area (Å²) in [5.74, 6) is -0.735. The number of carbonyl (C=O) groups is 3. The standard InChI is InChI=1S/C19H26N2O4/c1-2-25-18(23)14-20-19(24)16-11-7-13-21(16)17(22)12-6-10-15-8-4-3-5-9-15/h3-5,8-9,16H,2,6-7,10-14H2,1H3,(H,20,24)/t16-/m0/s1. The van der Waals surface area contributed by atoms with Crippen LogP contribution in [0.15, 0.2) is 30.3 Å². The molecule has 0 aromatic heterocycles. The number of esters is 1. The Morgan fingerprint density at radius 1 is 1.24 bits per heavy atom. The highest BCUT2D eigenvalue weighted by molar-refractivity contribution is 5.90. The lowest BCUT2D eigenvalue weighted by Gasteiger charge is -2.24. The molecule has 1 saturated heterocycles. The van der Waals surface area contributed by atoms with Crippen LogP contribution in [0.25, 0.3) is 0 Å². The maximum absolute atomic E-state index is 12.4. The van der Waals surface area contributed by atoms with Crippen LogP contribution in [-0.2, 0) is 25.5 Å². The van der Waals surface area contributed by atoms with Crippen LogP contribution in [0.1, 0.15) is 38.2 Å². The van der Waals surface area contributed by atoms with Gasteiger partial charge in [-0.25, -0.2) is 0 Å². The molecule has 2 amide bonds. The van der Waals surface area contributed by atoms with Crippen molar-refractivity contribution in [1.82, 2.24) is 10.2 Å². The first-order valence-corrected chi connectivity index (χ1v) is 8.88. The van der Waals surface area contributed by atoms with Crippen LogP contribution in [0.4, 0.5) is 0 Å². The van der Waals surface area contributed by atoms with E-state index in [4.69, 9.17) is 4.74 Å². The predicted molar refractivity (Wildman–Crippen MR) is 93.8 cm³/mol. The van der Waals surface area contributed by atoms with E-state index in [1.807, 2.05) is 30.3 Å². The number of nitrogens with zero attached hydrogens (tertiary/aromatic N) is 1. The number of amides is 2. The molecule has 0 saturated carbocycles. The van der Waals surface area contributed by atoms with Crippen LogP contribution in [0.2, 0.25) is 0 Å². The lowest BCUT2D eigenvalue weighted by Crippen LogP contribution is -2.47. The predicted octanol–water partition coefficient (Wildman–Crippen LogP) is 1.68. The summed E-state index contributed by atoms with van der Waals surface area (Å²) < 4.78 is 4.79. The molecule has 1 aliphatic rings. The monoisotopic (exact) mass is 346 g/mol. The number of rotatable bonds is 8. The van der Waals surface area contributed by atoms with Crippen molar-refractivity contribution in [1.29, 1.82) is 0 Å². The first-order chi connectivity index (χ1) is 12.1. The zero-order chi connectivity index (χ0) is 18.1. The van der Waals surface area contributed by atoms with E-state index in [0.29, 0.717) is 19.4 Å². The normalized spacial score (nSPS) is 16.5. The molecule has 1 aromatic rings. The summed E-state index contributed by atoms with van der Waals surface area (Å²) in [5.41, 5.74) is 1.21. The molecular weight excluding hydrogens is 320 g/mol. The van der Waals surface area contributed by atoms with Gasteiger partial charge in [-0.05, 0) is 38.2 Å². The van der Waals surface area contributed by atoms with E-state index in [0.717, 1.165) is 19.3 Å². The number of carbonyl (C=O) groups excluding carboxylic acids is 3. The number of benzene rings is 1. The van der Waals surface area contributed by atoms with Crippen LogP contribution in [-0.4, -0.2) is 48.4 Å². The number of ether oxygens (including phenoxy) is 1. The van der Waals surface area contributed by atoms with E-state index in [9.17, 15) is 14.4 Å². The maximum atomic E-state index is 12.4. The van der Waals surface area contributed by atoms with Gasteiger partial charge < -0.3 is 15.0 Å². The topological polar surface area (TPSA) is 75.7 Å². The van der Waals surface area contributed by atoms with Crippen LogP contribution in [0, 0.1) is 0 Å². The van der Waals surface area contributed by atoms with Gasteiger partial charge in [0, 0.05) is 13.0 Å². The van der Waals surface area contributed by atoms with Gasteiger partial charge in [-0.15, -0.1) is 0 Å². The van der Waals surface area contributed by atoms with Crippen LogP contribution in [0.3, 0.4) is 0 Å². The molecule has 0 spiro atoms. The van der Waals surface area contributed by atoms with E-state index >= 15 is 0 Å². The van der Waals surface area contributed by atoms with Crippen molar-refractivity contribution in [3.05, 3.63) is 35.9 Å². The number of nitrogens with one attached hydrogen (secondary N) is 1. The molecule has 0 unspecified atom stereocenters. The van der Waals surface area contributed by atoms with Crippen molar-refractivity contribution in [2.75, 3.05) is 19.7 Å². The number of hydrogen-bond acceptors (Lipinski definition) is 4. The summed E-state index contributed by atoms with van der Waals surface area (Å²) in [5, 5.41) is 2.57. The van der Waals surface area contributed by atoms with Gasteiger partial charge in [-0.1, -0.05) is 30.3 Å². The molecule has 1 fully saturated rings. The molecule has 2 rings (SSSR count). The quantitative estimate of drug-likeness (QED) is 0.727. The zero-order valence-electron chi connectivity index (χ0n) is 14.7. The van der Waals surface area contributed by atoms with Gasteiger partial charge in [0.25, 0.3) is 0 Å². The van der Waals surface area contributed by atoms with Gasteiger partial charge in [-0.2, -0.15) is 0 Å². The first-order valence-electron chi connectivity index (χ1n) is 8.88. The van der Waals surface area contributed by atoms with E-state index < -0.39 is 12.0 Å². The van der Waals surface area contributed by atoms with Crippen molar-refractivity contribution >= 4 is 17.8 Å². The Labute approximate surface area is 148 Å². The lowest BCUT2D eigenvalue weighted by molar-refractivity contribution is -0.144. The molecule has 1 aliphatic heterocycles. The average molecular weight is 346 g/mol. The Kier molecular flexibility index (Phi) is 7.44. The molecule has 0 radical (unpaired) electrons. The van der Waals surface area contributed by atoms with Crippen molar-refractivity contribution in [2.24, 2.45) is 0 Å². The highest BCUT2D eigenvalue weighted by atomic mass is 16.5. The Hall–Kier alpha value is -2.37. The van der Waals surface area contributed by atoms with E-state index in [1.54, 1.807) is 11.8 Å². The van der Waals surface area contributed by atoms with Crippen LogP contribution in [0.5, 0.6) is 0 Å².